The van der Waals surface area contributed by atoms with Gasteiger partial charge in [0, 0.05) is 37.7 Å². The Bertz CT molecular complexity index is 265. The van der Waals surface area contributed by atoms with Crippen molar-refractivity contribution in [3.8, 4) is 0 Å². The van der Waals surface area contributed by atoms with Gasteiger partial charge < -0.3 is 4.90 Å². The van der Waals surface area contributed by atoms with Crippen molar-refractivity contribution >= 4 is 5.69 Å². The molecule has 1 fully saturated rings. The first-order valence-corrected chi connectivity index (χ1v) is 5.19. The molecule has 2 rings (SSSR count). The average molecular weight is 190 g/mol. The van der Waals surface area contributed by atoms with Crippen molar-refractivity contribution in [2.75, 3.05) is 24.5 Å². The molecule has 14 heavy (non-hydrogen) atoms. The second-order valence-corrected chi connectivity index (χ2v) is 3.84. The van der Waals surface area contributed by atoms with Crippen molar-refractivity contribution in [1.29, 1.82) is 0 Å². The highest BCUT2D eigenvalue weighted by Gasteiger charge is 2.17. The van der Waals surface area contributed by atoms with Gasteiger partial charge in [-0.3, -0.25) is 10.7 Å². The fourth-order valence-corrected chi connectivity index (χ4v) is 1.95. The molecule has 0 spiro atoms. The largest absolute Gasteiger partial charge is 0.371 e. The minimum absolute atomic E-state index is 0.587. The van der Waals surface area contributed by atoms with Gasteiger partial charge in [-0.15, -0.1) is 0 Å². The van der Waals surface area contributed by atoms with Gasteiger partial charge in [0.05, 0.1) is 0 Å². The Balaban J connectivity index is 1.96. The van der Waals surface area contributed by atoms with E-state index in [1.807, 2.05) is 12.4 Å². The number of nitrogens with one attached hydrogen (secondary N) is 1. The van der Waals surface area contributed by atoms with Crippen LogP contribution in [0.2, 0.25) is 0 Å². The summed E-state index contributed by atoms with van der Waals surface area (Å²) in [5.74, 6) is 0.619. The van der Waals surface area contributed by atoms with E-state index >= 15 is 0 Å². The van der Waals surface area contributed by atoms with Crippen LogP contribution in [0.4, 0.5) is 5.69 Å². The lowest BCUT2D eigenvalue weighted by molar-refractivity contribution is 0.411. The van der Waals surface area contributed by atoms with E-state index in [4.69, 9.17) is 5.73 Å². The van der Waals surface area contributed by atoms with Crippen LogP contribution >= 0.6 is 0 Å². The predicted molar refractivity (Wildman–Crippen MR) is 57.1 cm³/mol. The van der Waals surface area contributed by atoms with E-state index in [1.54, 1.807) is 0 Å². The number of rotatable bonds is 2. The zero-order valence-corrected chi connectivity index (χ0v) is 8.32. The van der Waals surface area contributed by atoms with Crippen LogP contribution < -0.4 is 10.6 Å². The quantitative estimate of drug-likeness (QED) is 0.710. The number of nitrogens with zero attached hydrogens (tertiary/aromatic N) is 2. The van der Waals surface area contributed by atoms with Gasteiger partial charge in [-0.05, 0) is 30.9 Å². The monoisotopic (exact) mass is 190 g/mol. The van der Waals surface area contributed by atoms with Crippen molar-refractivity contribution in [2.45, 2.75) is 12.8 Å². The summed E-state index contributed by atoms with van der Waals surface area (Å²) in [6, 6.07) is 4.11. The van der Waals surface area contributed by atoms with Gasteiger partial charge in [-0.1, -0.05) is 0 Å². The maximum absolute atomic E-state index is 7.34. The molecule has 1 saturated heterocycles. The van der Waals surface area contributed by atoms with Gasteiger partial charge in [-0.2, -0.15) is 0 Å². The molecule has 1 aromatic heterocycles. The fraction of sp³-hybridized carbons (Fsp3) is 0.545. The summed E-state index contributed by atoms with van der Waals surface area (Å²) in [7, 11) is 0. The van der Waals surface area contributed by atoms with Crippen LogP contribution in [-0.4, -0.2) is 24.6 Å². The maximum atomic E-state index is 7.34. The molecule has 3 nitrogen and oxygen atoms in total. The smallest absolute Gasteiger partial charge is 0.0397 e. The van der Waals surface area contributed by atoms with Crippen LogP contribution in [0.25, 0.3) is 0 Å². The SMILES string of the molecule is [NH]CC1CCN(c2ccncc2)CC1. The molecule has 0 amide bonds. The number of aromatic nitrogens is 1. The molecule has 1 aliphatic rings. The Hall–Kier alpha value is -1.09. The third kappa shape index (κ3) is 2.04. The van der Waals surface area contributed by atoms with Crippen molar-refractivity contribution in [1.82, 2.24) is 10.7 Å². The summed E-state index contributed by atoms with van der Waals surface area (Å²) >= 11 is 0. The number of pyridine rings is 1. The lowest BCUT2D eigenvalue weighted by atomic mass is 9.97. The van der Waals surface area contributed by atoms with E-state index in [0.29, 0.717) is 12.5 Å². The minimum Gasteiger partial charge on any atom is -0.371 e. The van der Waals surface area contributed by atoms with Gasteiger partial charge >= 0.3 is 0 Å². The van der Waals surface area contributed by atoms with Crippen LogP contribution in [0.3, 0.4) is 0 Å². The van der Waals surface area contributed by atoms with Gasteiger partial charge in [0.15, 0.2) is 0 Å². The molecule has 1 aromatic rings. The second kappa shape index (κ2) is 4.42. The Morgan fingerprint density at radius 1 is 1.29 bits per heavy atom. The summed E-state index contributed by atoms with van der Waals surface area (Å²) in [5, 5.41) is 0. The van der Waals surface area contributed by atoms with E-state index in [0.717, 1.165) is 25.9 Å². The van der Waals surface area contributed by atoms with Crippen molar-refractivity contribution in [3.05, 3.63) is 24.5 Å². The first-order chi connectivity index (χ1) is 6.90. The summed E-state index contributed by atoms with van der Waals surface area (Å²) in [6.07, 6.45) is 6.00. The highest BCUT2D eigenvalue weighted by atomic mass is 15.1. The van der Waals surface area contributed by atoms with E-state index < -0.39 is 0 Å². The summed E-state index contributed by atoms with van der Waals surface area (Å²) in [6.45, 7) is 2.77. The number of piperidine rings is 1. The Morgan fingerprint density at radius 2 is 1.93 bits per heavy atom. The fourth-order valence-electron chi connectivity index (χ4n) is 1.95. The molecule has 75 valence electrons. The number of hydrogen-bond donors (Lipinski definition) is 0. The first kappa shape index (κ1) is 9.46. The van der Waals surface area contributed by atoms with Crippen LogP contribution in [0.15, 0.2) is 24.5 Å². The Labute approximate surface area is 84.9 Å². The van der Waals surface area contributed by atoms with Crippen LogP contribution in [-0.2, 0) is 0 Å². The lowest BCUT2D eigenvalue weighted by Gasteiger charge is -2.32. The third-order valence-corrected chi connectivity index (χ3v) is 2.93. The topological polar surface area (TPSA) is 39.9 Å². The van der Waals surface area contributed by atoms with Crippen molar-refractivity contribution in [3.63, 3.8) is 0 Å². The maximum Gasteiger partial charge on any atom is 0.0397 e. The van der Waals surface area contributed by atoms with Crippen LogP contribution in [0.5, 0.6) is 0 Å². The van der Waals surface area contributed by atoms with E-state index in [2.05, 4.69) is 22.0 Å². The molecule has 0 aromatic carbocycles. The first-order valence-electron chi connectivity index (χ1n) is 5.19. The average Bonchev–Trinajstić information content (AvgIpc) is 2.30. The normalized spacial score (nSPS) is 18.5. The molecule has 0 unspecified atom stereocenters. The van der Waals surface area contributed by atoms with Gasteiger partial charge in [0.1, 0.15) is 0 Å². The third-order valence-electron chi connectivity index (χ3n) is 2.93. The molecule has 0 saturated carbocycles. The van der Waals surface area contributed by atoms with Crippen LogP contribution in [0.1, 0.15) is 12.8 Å². The summed E-state index contributed by atoms with van der Waals surface area (Å²) < 4.78 is 0. The lowest BCUT2D eigenvalue weighted by Crippen LogP contribution is -2.34. The Kier molecular flexibility index (Phi) is 2.99. The van der Waals surface area contributed by atoms with E-state index in [9.17, 15) is 0 Å². The highest BCUT2D eigenvalue weighted by molar-refractivity contribution is 5.44. The molecular weight excluding hydrogens is 174 g/mol. The van der Waals surface area contributed by atoms with E-state index in [-0.39, 0.29) is 0 Å². The highest BCUT2D eigenvalue weighted by Crippen LogP contribution is 2.21. The van der Waals surface area contributed by atoms with E-state index in [1.165, 1.54) is 5.69 Å². The molecule has 1 aliphatic heterocycles. The zero-order chi connectivity index (χ0) is 9.80. The van der Waals surface area contributed by atoms with Gasteiger partial charge in [0.25, 0.3) is 0 Å². The Morgan fingerprint density at radius 3 is 2.50 bits per heavy atom. The van der Waals surface area contributed by atoms with Crippen molar-refractivity contribution in [2.24, 2.45) is 5.92 Å². The molecule has 0 aliphatic carbocycles. The molecule has 3 heteroatoms. The molecule has 1 radical (unpaired) electrons. The number of anilines is 1. The zero-order valence-electron chi connectivity index (χ0n) is 8.32. The molecule has 1 N–H and O–H groups in total. The minimum atomic E-state index is 0.587. The van der Waals surface area contributed by atoms with Crippen molar-refractivity contribution < 1.29 is 0 Å². The molecule has 0 bridgehead atoms. The van der Waals surface area contributed by atoms with Gasteiger partial charge in [0.2, 0.25) is 0 Å². The molecule has 2 heterocycles. The van der Waals surface area contributed by atoms with Crippen LogP contribution in [0, 0.1) is 5.92 Å². The predicted octanol–water partition coefficient (Wildman–Crippen LogP) is 1.58. The summed E-state index contributed by atoms with van der Waals surface area (Å²) in [5.41, 5.74) is 8.61. The number of hydrogen-bond acceptors (Lipinski definition) is 2. The standard InChI is InChI=1S/C11H16N3/c12-9-10-3-7-14(8-4-10)11-1-5-13-6-2-11/h1-2,5-6,10,12H,3-4,7-9H2. The summed E-state index contributed by atoms with van der Waals surface area (Å²) in [4.78, 5) is 6.40. The second-order valence-electron chi connectivity index (χ2n) is 3.84. The van der Waals surface area contributed by atoms with Gasteiger partial charge in [-0.25, -0.2) is 0 Å². The molecular formula is C11H16N3. The molecule has 0 atom stereocenters.